The maximum atomic E-state index is 13.4. The van der Waals surface area contributed by atoms with E-state index in [1.165, 1.54) is 12.3 Å². The second-order valence-electron chi connectivity index (χ2n) is 5.38. The van der Waals surface area contributed by atoms with Gasteiger partial charge in [-0.2, -0.15) is 4.39 Å². The van der Waals surface area contributed by atoms with E-state index < -0.39 is 5.95 Å². The number of nitrogens with two attached hydrogens (primary N) is 1. The van der Waals surface area contributed by atoms with Crippen LogP contribution in [-0.2, 0) is 0 Å². The third-order valence-corrected chi connectivity index (χ3v) is 3.96. The Bertz CT molecular complexity index is 1080. The SMILES string of the molecule is Nc1oc2c(-c3ccnc(F)c3)nccc2c1Nc1cccc(Cl)c1. The minimum Gasteiger partial charge on any atom is -0.436 e. The Morgan fingerprint density at radius 3 is 2.72 bits per heavy atom. The van der Waals surface area contributed by atoms with Crippen molar-refractivity contribution in [3.8, 4) is 11.3 Å². The number of nitrogens with zero attached hydrogens (tertiary/aromatic N) is 2. The van der Waals surface area contributed by atoms with Crippen LogP contribution >= 0.6 is 11.6 Å². The predicted molar refractivity (Wildman–Crippen MR) is 96.3 cm³/mol. The first-order chi connectivity index (χ1) is 12.1. The van der Waals surface area contributed by atoms with Crippen molar-refractivity contribution in [1.29, 1.82) is 0 Å². The molecule has 7 heteroatoms. The van der Waals surface area contributed by atoms with Gasteiger partial charge in [0.2, 0.25) is 11.8 Å². The lowest BCUT2D eigenvalue weighted by atomic mass is 10.1. The fourth-order valence-corrected chi connectivity index (χ4v) is 2.83. The number of halogens is 2. The van der Waals surface area contributed by atoms with E-state index in [4.69, 9.17) is 21.8 Å². The van der Waals surface area contributed by atoms with Gasteiger partial charge in [-0.05, 0) is 30.3 Å². The summed E-state index contributed by atoms with van der Waals surface area (Å²) in [6.45, 7) is 0. The minimum atomic E-state index is -0.590. The van der Waals surface area contributed by atoms with Crippen molar-refractivity contribution >= 4 is 39.8 Å². The Hall–Kier alpha value is -3.12. The van der Waals surface area contributed by atoms with Gasteiger partial charge in [0.15, 0.2) is 5.58 Å². The largest absolute Gasteiger partial charge is 0.436 e. The number of anilines is 3. The number of fused-ring (bicyclic) bond motifs is 1. The molecule has 0 bridgehead atoms. The van der Waals surface area contributed by atoms with E-state index in [9.17, 15) is 4.39 Å². The molecule has 124 valence electrons. The zero-order valence-electron chi connectivity index (χ0n) is 12.8. The number of rotatable bonds is 3. The number of hydrogen-bond donors (Lipinski definition) is 2. The number of aromatic nitrogens is 2. The average Bonchev–Trinajstić information content (AvgIpc) is 2.91. The molecule has 25 heavy (non-hydrogen) atoms. The molecule has 0 atom stereocenters. The van der Waals surface area contributed by atoms with Gasteiger partial charge in [0.1, 0.15) is 11.4 Å². The second-order valence-corrected chi connectivity index (χ2v) is 5.82. The first-order valence-electron chi connectivity index (χ1n) is 7.43. The molecule has 4 aromatic rings. The van der Waals surface area contributed by atoms with Crippen molar-refractivity contribution in [3.05, 3.63) is 65.8 Å². The van der Waals surface area contributed by atoms with Crippen LogP contribution in [0.4, 0.5) is 21.6 Å². The van der Waals surface area contributed by atoms with Crippen LogP contribution in [0.3, 0.4) is 0 Å². The van der Waals surface area contributed by atoms with E-state index in [0.29, 0.717) is 27.6 Å². The van der Waals surface area contributed by atoms with Gasteiger partial charge in [-0.3, -0.25) is 4.98 Å². The molecule has 0 radical (unpaired) electrons. The van der Waals surface area contributed by atoms with Gasteiger partial charge in [0.05, 0.1) is 5.39 Å². The standard InChI is InChI=1S/C18H12ClFN4O/c19-11-2-1-3-12(9-11)24-16-13-5-7-23-15(17(13)25-18(16)21)10-4-6-22-14(20)8-10/h1-9,24H,21H2. The number of nitrogens with one attached hydrogen (secondary N) is 1. The molecule has 1 aromatic carbocycles. The van der Waals surface area contributed by atoms with E-state index >= 15 is 0 Å². The van der Waals surface area contributed by atoms with Crippen LogP contribution in [0.2, 0.25) is 5.02 Å². The van der Waals surface area contributed by atoms with Crippen molar-refractivity contribution < 1.29 is 8.81 Å². The van der Waals surface area contributed by atoms with Gasteiger partial charge in [0, 0.05) is 34.7 Å². The molecule has 0 fully saturated rings. The number of furan rings is 1. The Labute approximate surface area is 147 Å². The summed E-state index contributed by atoms with van der Waals surface area (Å²) >= 11 is 6.02. The van der Waals surface area contributed by atoms with Gasteiger partial charge in [-0.15, -0.1) is 0 Å². The molecular weight excluding hydrogens is 343 g/mol. The van der Waals surface area contributed by atoms with Crippen LogP contribution in [-0.4, -0.2) is 9.97 Å². The molecule has 0 aliphatic carbocycles. The summed E-state index contributed by atoms with van der Waals surface area (Å²) in [4.78, 5) is 7.86. The summed E-state index contributed by atoms with van der Waals surface area (Å²) in [5, 5.41) is 4.55. The van der Waals surface area contributed by atoms with Crippen molar-refractivity contribution in [2.24, 2.45) is 0 Å². The number of hydrogen-bond acceptors (Lipinski definition) is 5. The molecule has 0 saturated heterocycles. The maximum absolute atomic E-state index is 13.4. The van der Waals surface area contributed by atoms with E-state index in [-0.39, 0.29) is 5.88 Å². The van der Waals surface area contributed by atoms with Crippen LogP contribution in [0.25, 0.3) is 22.2 Å². The lowest BCUT2D eigenvalue weighted by Crippen LogP contribution is -1.93. The normalized spacial score (nSPS) is 11.0. The molecule has 0 aliphatic heterocycles. The highest BCUT2D eigenvalue weighted by Gasteiger charge is 2.17. The number of benzene rings is 1. The lowest BCUT2D eigenvalue weighted by Gasteiger charge is -2.06. The van der Waals surface area contributed by atoms with Crippen molar-refractivity contribution in [2.45, 2.75) is 0 Å². The maximum Gasteiger partial charge on any atom is 0.215 e. The van der Waals surface area contributed by atoms with Crippen LogP contribution in [0.1, 0.15) is 0 Å². The molecule has 3 N–H and O–H groups in total. The summed E-state index contributed by atoms with van der Waals surface area (Å²) in [5.41, 5.74) is 8.93. The highest BCUT2D eigenvalue weighted by Crippen LogP contribution is 2.39. The first kappa shape index (κ1) is 15.4. The van der Waals surface area contributed by atoms with E-state index in [1.54, 1.807) is 30.5 Å². The van der Waals surface area contributed by atoms with Crippen LogP contribution in [0.15, 0.2) is 59.3 Å². The summed E-state index contributed by atoms with van der Waals surface area (Å²) in [5.74, 6) is -0.383. The molecule has 4 rings (SSSR count). The van der Waals surface area contributed by atoms with E-state index in [2.05, 4.69) is 15.3 Å². The molecule has 0 spiro atoms. The molecule has 0 unspecified atom stereocenters. The zero-order valence-corrected chi connectivity index (χ0v) is 13.6. The minimum absolute atomic E-state index is 0.207. The Kier molecular flexibility index (Phi) is 3.74. The highest BCUT2D eigenvalue weighted by molar-refractivity contribution is 6.30. The first-order valence-corrected chi connectivity index (χ1v) is 7.81. The zero-order chi connectivity index (χ0) is 17.4. The second kappa shape index (κ2) is 6.07. The lowest BCUT2D eigenvalue weighted by molar-refractivity contribution is 0.584. The smallest absolute Gasteiger partial charge is 0.215 e. The molecule has 3 aromatic heterocycles. The molecule has 0 amide bonds. The van der Waals surface area contributed by atoms with E-state index in [1.807, 2.05) is 12.1 Å². The summed E-state index contributed by atoms with van der Waals surface area (Å²) in [6.07, 6.45) is 3.00. The van der Waals surface area contributed by atoms with Crippen molar-refractivity contribution in [2.75, 3.05) is 11.1 Å². The van der Waals surface area contributed by atoms with Crippen molar-refractivity contribution in [1.82, 2.24) is 9.97 Å². The number of pyridine rings is 2. The molecule has 0 aliphatic rings. The third kappa shape index (κ3) is 2.88. The quantitative estimate of drug-likeness (QED) is 0.506. The summed E-state index contributed by atoms with van der Waals surface area (Å²) in [6, 6.07) is 12.0. The number of nitrogen functional groups attached to an aromatic ring is 1. The molecule has 5 nitrogen and oxygen atoms in total. The van der Waals surface area contributed by atoms with Gasteiger partial charge in [0.25, 0.3) is 0 Å². The van der Waals surface area contributed by atoms with Crippen LogP contribution in [0.5, 0.6) is 0 Å². The van der Waals surface area contributed by atoms with Gasteiger partial charge in [-0.1, -0.05) is 17.7 Å². The van der Waals surface area contributed by atoms with Gasteiger partial charge >= 0.3 is 0 Å². The van der Waals surface area contributed by atoms with Crippen LogP contribution in [0, 0.1) is 5.95 Å². The monoisotopic (exact) mass is 354 g/mol. The van der Waals surface area contributed by atoms with Gasteiger partial charge in [-0.25, -0.2) is 4.98 Å². The molecular formula is C18H12ClFN4O. The Morgan fingerprint density at radius 2 is 1.92 bits per heavy atom. The molecule has 3 heterocycles. The van der Waals surface area contributed by atoms with Crippen molar-refractivity contribution in [3.63, 3.8) is 0 Å². The summed E-state index contributed by atoms with van der Waals surface area (Å²) < 4.78 is 19.1. The van der Waals surface area contributed by atoms with Crippen LogP contribution < -0.4 is 11.1 Å². The fourth-order valence-electron chi connectivity index (χ4n) is 2.64. The summed E-state index contributed by atoms with van der Waals surface area (Å²) in [7, 11) is 0. The molecule has 0 saturated carbocycles. The fraction of sp³-hybridized carbons (Fsp3) is 0. The Morgan fingerprint density at radius 1 is 1.08 bits per heavy atom. The predicted octanol–water partition coefficient (Wildman–Crippen LogP) is 5.01. The average molecular weight is 355 g/mol. The highest BCUT2D eigenvalue weighted by atomic mass is 35.5. The topological polar surface area (TPSA) is 77.0 Å². The third-order valence-electron chi connectivity index (χ3n) is 3.73. The Balaban J connectivity index is 1.85. The van der Waals surface area contributed by atoms with Gasteiger partial charge < -0.3 is 15.5 Å². The van der Waals surface area contributed by atoms with E-state index in [0.717, 1.165) is 11.1 Å².